The van der Waals surface area contributed by atoms with Gasteiger partial charge in [-0.15, -0.1) is 0 Å². The third kappa shape index (κ3) is 17.9. The highest BCUT2D eigenvalue weighted by atomic mass is 32.3. The number of carbonyl (C=O) groups excluding carboxylic acids is 6. The number of hydrogen-bond donors (Lipinski definition) is 2. The van der Waals surface area contributed by atoms with Crippen LogP contribution in [0, 0.1) is 0 Å². The van der Waals surface area contributed by atoms with E-state index in [9.17, 15) is 37.2 Å². The number of aliphatic hydroxyl groups excluding tert-OH is 1. The number of aliphatic hydroxyl groups is 1. The summed E-state index contributed by atoms with van der Waals surface area (Å²) in [5, 5.41) is 8.75. The lowest BCUT2D eigenvalue weighted by molar-refractivity contribution is -0.144. The Hall–Kier alpha value is -3.87. The average molecular weight is 657 g/mol. The zero-order chi connectivity index (χ0) is 34.3. The third-order valence-corrected chi connectivity index (χ3v) is 5.91. The topological polar surface area (TPSA) is 242 Å². The van der Waals surface area contributed by atoms with Gasteiger partial charge in [-0.3, -0.25) is 14.1 Å². The minimum absolute atomic E-state index is 0.00291. The molecule has 0 amide bonds. The minimum atomic E-state index is -4.54. The predicted molar refractivity (Wildman–Crippen MR) is 148 cm³/mol. The molecular weight excluding hydrogens is 616 g/mol. The van der Waals surface area contributed by atoms with Gasteiger partial charge >= 0.3 is 46.2 Å². The second-order valence-corrected chi connectivity index (χ2v) is 9.37. The molecule has 0 saturated heterocycles. The van der Waals surface area contributed by atoms with Crippen LogP contribution >= 0.6 is 0 Å². The summed E-state index contributed by atoms with van der Waals surface area (Å²) in [6, 6.07) is 0. The molecule has 0 aliphatic rings. The maximum Gasteiger partial charge on any atom is 0.397 e. The summed E-state index contributed by atoms with van der Waals surface area (Å²) in [5.41, 5.74) is -0.296. The van der Waals surface area contributed by atoms with Crippen molar-refractivity contribution in [2.24, 2.45) is 0 Å². The van der Waals surface area contributed by atoms with E-state index in [0.29, 0.717) is 12.8 Å². The van der Waals surface area contributed by atoms with Crippen LogP contribution in [-0.2, 0) is 71.8 Å². The molecule has 18 heteroatoms. The van der Waals surface area contributed by atoms with Gasteiger partial charge < -0.3 is 33.5 Å². The summed E-state index contributed by atoms with van der Waals surface area (Å²) in [6.07, 6.45) is 0.684. The van der Waals surface area contributed by atoms with E-state index in [-0.39, 0.29) is 67.6 Å². The van der Waals surface area contributed by atoms with Crippen LogP contribution in [0.2, 0.25) is 0 Å². The van der Waals surface area contributed by atoms with Crippen molar-refractivity contribution in [1.82, 2.24) is 0 Å². The summed E-state index contributed by atoms with van der Waals surface area (Å²) in [7, 11) is 2.31. The highest BCUT2D eigenvalue weighted by Crippen LogP contribution is 2.21. The van der Waals surface area contributed by atoms with Gasteiger partial charge in [-0.2, -0.15) is 8.42 Å². The van der Waals surface area contributed by atoms with Crippen LogP contribution in [-0.4, -0.2) is 110 Å². The molecule has 0 aliphatic heterocycles. The van der Waals surface area contributed by atoms with E-state index >= 15 is 0 Å². The Bertz CT molecular complexity index is 1150. The first kappa shape index (κ1) is 42.3. The van der Waals surface area contributed by atoms with Crippen LogP contribution < -0.4 is 0 Å². The fourth-order valence-electron chi connectivity index (χ4n) is 3.26. The van der Waals surface area contributed by atoms with Crippen molar-refractivity contribution < 1.29 is 79.4 Å². The van der Waals surface area contributed by atoms with Crippen LogP contribution in [0.3, 0.4) is 0 Å². The molecule has 0 heterocycles. The van der Waals surface area contributed by atoms with Gasteiger partial charge in [0.1, 0.15) is 0 Å². The molecule has 0 fully saturated rings. The Balaban J connectivity index is 0. The molecule has 17 nitrogen and oxygen atoms in total. The van der Waals surface area contributed by atoms with Gasteiger partial charge in [0.05, 0.1) is 73.3 Å². The zero-order valence-electron chi connectivity index (χ0n) is 25.5. The summed E-state index contributed by atoms with van der Waals surface area (Å²) < 4.78 is 60.7. The Labute approximate surface area is 255 Å². The van der Waals surface area contributed by atoms with Crippen molar-refractivity contribution >= 4 is 46.2 Å². The molecule has 0 spiro atoms. The Morgan fingerprint density at radius 1 is 0.523 bits per heavy atom. The van der Waals surface area contributed by atoms with Crippen molar-refractivity contribution in [3.05, 3.63) is 22.3 Å². The molecule has 0 saturated carbocycles. The zero-order valence-corrected chi connectivity index (χ0v) is 26.3. The highest BCUT2D eigenvalue weighted by molar-refractivity contribution is 7.80. The lowest BCUT2D eigenvalue weighted by Crippen LogP contribution is -2.18. The molecule has 44 heavy (non-hydrogen) atoms. The van der Waals surface area contributed by atoms with Gasteiger partial charge in [0.2, 0.25) is 0 Å². The molecule has 0 aliphatic carbocycles. The molecule has 0 atom stereocenters. The largest absolute Gasteiger partial charge is 0.469 e. The molecule has 0 aromatic rings. The molecule has 252 valence electrons. The first-order chi connectivity index (χ1) is 20.7. The van der Waals surface area contributed by atoms with Gasteiger partial charge in [0.25, 0.3) is 0 Å². The second-order valence-electron chi connectivity index (χ2n) is 8.27. The Morgan fingerprint density at radius 2 is 0.864 bits per heavy atom. The monoisotopic (exact) mass is 656 g/mol. The second kappa shape index (κ2) is 23.6. The summed E-state index contributed by atoms with van der Waals surface area (Å²) in [6.45, 7) is -0.336. The summed E-state index contributed by atoms with van der Waals surface area (Å²) >= 11 is 0. The van der Waals surface area contributed by atoms with E-state index in [2.05, 4.69) is 32.6 Å². The quantitative estimate of drug-likeness (QED) is 0.0672. The number of esters is 6. The molecule has 0 aromatic carbocycles. The van der Waals surface area contributed by atoms with Crippen LogP contribution in [0.5, 0.6) is 0 Å². The van der Waals surface area contributed by atoms with Crippen molar-refractivity contribution in [2.75, 3.05) is 55.9 Å². The fourth-order valence-corrected chi connectivity index (χ4v) is 3.59. The van der Waals surface area contributed by atoms with Crippen LogP contribution in [0.25, 0.3) is 0 Å². The van der Waals surface area contributed by atoms with Gasteiger partial charge in [-0.25, -0.2) is 23.4 Å². The summed E-state index contributed by atoms with van der Waals surface area (Å²) in [4.78, 5) is 69.9. The molecule has 0 bridgehead atoms. The minimum Gasteiger partial charge on any atom is -0.469 e. The smallest absolute Gasteiger partial charge is 0.397 e. The van der Waals surface area contributed by atoms with Crippen molar-refractivity contribution in [2.45, 2.75) is 51.4 Å². The lowest BCUT2D eigenvalue weighted by Gasteiger charge is -2.12. The normalized spacial score (nSPS) is 11.8. The number of rotatable bonds is 18. The van der Waals surface area contributed by atoms with E-state index in [1.807, 2.05) is 0 Å². The van der Waals surface area contributed by atoms with Crippen LogP contribution in [0.1, 0.15) is 51.4 Å². The Kier molecular flexibility index (Phi) is 22.6. The molecule has 0 rings (SSSR count). The standard InChI is InChI=1S/C13H20O10S.C13H20O7/c1-20-11(14)8-10(13(16)22-3)9(12(15)21-2)6-4-5-7-23-24(17,18)19;1-18-11(15)8-10(13(17)20-3)9(12(16)19-2)6-4-5-7-14/h4-8H2,1-3H3,(H,17,18,19);14H,4-8H2,1-3H3/b2*10-9-. The number of carbonyl (C=O) groups is 6. The predicted octanol–water partition coefficient (Wildman–Crippen LogP) is 0.537. The SMILES string of the molecule is COC(=O)C/C(C(=O)OC)=C(\CCCCO)C(=O)OC.COC(=O)C/C(C(=O)OC)=C(\CCCCOS(=O)(=O)O)C(=O)OC. The van der Waals surface area contributed by atoms with E-state index < -0.39 is 52.6 Å². The molecular formula is C26H40O17S. The first-order valence-electron chi connectivity index (χ1n) is 12.8. The van der Waals surface area contributed by atoms with Gasteiger partial charge in [-0.05, 0) is 38.5 Å². The first-order valence-corrected chi connectivity index (χ1v) is 14.2. The van der Waals surface area contributed by atoms with Gasteiger partial charge in [0.15, 0.2) is 0 Å². The number of methoxy groups -OCH3 is 6. The lowest BCUT2D eigenvalue weighted by atomic mass is 9.99. The maximum absolute atomic E-state index is 11.9. The van der Waals surface area contributed by atoms with E-state index in [4.69, 9.17) is 9.66 Å². The third-order valence-electron chi connectivity index (χ3n) is 5.44. The van der Waals surface area contributed by atoms with Crippen LogP contribution in [0.4, 0.5) is 0 Å². The van der Waals surface area contributed by atoms with E-state index in [0.717, 1.165) is 28.4 Å². The van der Waals surface area contributed by atoms with E-state index in [1.165, 1.54) is 14.2 Å². The molecule has 2 N–H and O–H groups in total. The fraction of sp³-hybridized carbons (Fsp3) is 0.615. The van der Waals surface area contributed by atoms with E-state index in [1.54, 1.807) is 0 Å². The summed E-state index contributed by atoms with van der Waals surface area (Å²) in [5.74, 6) is -4.59. The van der Waals surface area contributed by atoms with Gasteiger partial charge in [-0.1, -0.05) is 0 Å². The van der Waals surface area contributed by atoms with Crippen molar-refractivity contribution in [3.8, 4) is 0 Å². The average Bonchev–Trinajstić information content (AvgIpc) is 3.00. The number of ether oxygens (including phenoxy) is 6. The van der Waals surface area contributed by atoms with Gasteiger partial charge in [0, 0.05) is 17.8 Å². The molecule has 0 radical (unpaired) electrons. The maximum atomic E-state index is 11.9. The van der Waals surface area contributed by atoms with Crippen molar-refractivity contribution in [3.63, 3.8) is 0 Å². The Morgan fingerprint density at radius 3 is 1.16 bits per heavy atom. The number of hydrogen-bond acceptors (Lipinski definition) is 16. The van der Waals surface area contributed by atoms with Crippen LogP contribution in [0.15, 0.2) is 22.3 Å². The number of unbranched alkanes of at least 4 members (excludes halogenated alkanes) is 2. The highest BCUT2D eigenvalue weighted by Gasteiger charge is 2.26. The molecule has 0 unspecified atom stereocenters. The molecule has 0 aromatic heterocycles. The van der Waals surface area contributed by atoms with Crippen molar-refractivity contribution in [1.29, 1.82) is 0 Å².